The molecule has 0 aliphatic carbocycles. The number of hydrogen-bond acceptors (Lipinski definition) is 4. The maximum absolute atomic E-state index is 6.08. The molecule has 1 fully saturated rings. The molecule has 0 saturated carbocycles. The molecule has 3 nitrogen and oxygen atoms in total. The molecule has 0 bridgehead atoms. The molecule has 1 aliphatic heterocycles. The van der Waals surface area contributed by atoms with Gasteiger partial charge in [-0.2, -0.15) is 11.8 Å². The van der Waals surface area contributed by atoms with Crippen molar-refractivity contribution < 1.29 is 9.47 Å². The van der Waals surface area contributed by atoms with Crippen molar-refractivity contribution >= 4 is 11.8 Å². The summed E-state index contributed by atoms with van der Waals surface area (Å²) in [5.41, 5.74) is 0. The van der Waals surface area contributed by atoms with Crippen molar-refractivity contribution in [1.82, 2.24) is 4.90 Å². The molecule has 1 heterocycles. The molecule has 0 aromatic rings. The topological polar surface area (TPSA) is 21.7 Å². The second kappa shape index (κ2) is 11.1. The Labute approximate surface area is 117 Å². The van der Waals surface area contributed by atoms with Crippen molar-refractivity contribution in [3.63, 3.8) is 0 Å². The highest BCUT2D eigenvalue weighted by Crippen LogP contribution is 2.13. The van der Waals surface area contributed by atoms with Gasteiger partial charge in [0.25, 0.3) is 0 Å². The molecule has 0 N–H and O–H groups in total. The van der Waals surface area contributed by atoms with Crippen LogP contribution in [0.3, 0.4) is 0 Å². The Morgan fingerprint density at radius 3 is 2.67 bits per heavy atom. The molecule has 1 rings (SSSR count). The Morgan fingerprint density at radius 2 is 2.00 bits per heavy atom. The Balaban J connectivity index is 2.16. The zero-order valence-electron chi connectivity index (χ0n) is 12.0. The monoisotopic (exact) mass is 275 g/mol. The fourth-order valence-corrected chi connectivity index (χ4v) is 2.93. The van der Waals surface area contributed by atoms with Gasteiger partial charge in [-0.15, -0.1) is 0 Å². The van der Waals surface area contributed by atoms with Crippen LogP contribution >= 0.6 is 11.8 Å². The lowest BCUT2D eigenvalue weighted by Gasteiger charge is -2.28. The van der Waals surface area contributed by atoms with Crippen LogP contribution in [0.1, 0.15) is 39.5 Å². The van der Waals surface area contributed by atoms with E-state index in [1.165, 1.54) is 31.4 Å². The number of rotatable bonds is 10. The number of hydrogen-bond donors (Lipinski definition) is 0. The largest absolute Gasteiger partial charge is 0.379 e. The minimum absolute atomic E-state index is 0.435. The van der Waals surface area contributed by atoms with Crippen molar-refractivity contribution in [3.05, 3.63) is 0 Å². The lowest BCUT2D eigenvalue weighted by molar-refractivity contribution is -0.0565. The Kier molecular flexibility index (Phi) is 10.0. The molecule has 0 aromatic heterocycles. The summed E-state index contributed by atoms with van der Waals surface area (Å²) in [5, 5.41) is 0. The zero-order valence-corrected chi connectivity index (χ0v) is 12.8. The third-order valence-electron chi connectivity index (χ3n) is 3.13. The van der Waals surface area contributed by atoms with Crippen LogP contribution in [0, 0.1) is 0 Å². The molecule has 0 aromatic carbocycles. The highest BCUT2D eigenvalue weighted by atomic mass is 32.2. The molecule has 1 atom stereocenters. The van der Waals surface area contributed by atoms with Crippen LogP contribution in [0.25, 0.3) is 0 Å². The van der Waals surface area contributed by atoms with Gasteiger partial charge in [0.1, 0.15) is 0 Å². The summed E-state index contributed by atoms with van der Waals surface area (Å²) in [5.74, 6) is 2.40. The third-order valence-corrected chi connectivity index (χ3v) is 4.43. The van der Waals surface area contributed by atoms with Gasteiger partial charge in [0, 0.05) is 18.8 Å². The van der Waals surface area contributed by atoms with Gasteiger partial charge in [-0.25, -0.2) is 0 Å². The van der Waals surface area contributed by atoms with Crippen molar-refractivity contribution in [2.45, 2.75) is 45.6 Å². The first-order chi connectivity index (χ1) is 8.86. The van der Waals surface area contributed by atoms with E-state index in [1.807, 2.05) is 11.8 Å². The minimum atomic E-state index is 0.435. The van der Waals surface area contributed by atoms with Crippen LogP contribution in [-0.2, 0) is 9.47 Å². The average Bonchev–Trinajstić information content (AvgIpc) is 2.42. The molecule has 1 unspecified atom stereocenters. The van der Waals surface area contributed by atoms with Crippen LogP contribution < -0.4 is 0 Å². The van der Waals surface area contributed by atoms with E-state index in [4.69, 9.17) is 9.47 Å². The number of ether oxygens (including phenoxy) is 2. The van der Waals surface area contributed by atoms with E-state index in [9.17, 15) is 0 Å². The normalized spacial score (nSPS) is 19.0. The molecule has 0 radical (unpaired) electrons. The minimum Gasteiger partial charge on any atom is -0.379 e. The first-order valence-electron chi connectivity index (χ1n) is 7.36. The van der Waals surface area contributed by atoms with E-state index in [1.54, 1.807) is 0 Å². The number of morpholine rings is 1. The molecule has 18 heavy (non-hydrogen) atoms. The Hall–Kier alpha value is 0.230. The van der Waals surface area contributed by atoms with E-state index in [-0.39, 0.29) is 0 Å². The van der Waals surface area contributed by atoms with Gasteiger partial charge in [-0.1, -0.05) is 26.7 Å². The van der Waals surface area contributed by atoms with Crippen molar-refractivity contribution in [1.29, 1.82) is 0 Å². The second-order valence-corrected chi connectivity index (χ2v) is 6.02. The highest BCUT2D eigenvalue weighted by Gasteiger charge is 2.14. The fraction of sp³-hybridized carbons (Fsp3) is 1.00. The van der Waals surface area contributed by atoms with Gasteiger partial charge >= 0.3 is 0 Å². The van der Waals surface area contributed by atoms with Crippen LogP contribution in [-0.4, -0.2) is 55.5 Å². The van der Waals surface area contributed by atoms with Crippen LogP contribution in [0.5, 0.6) is 0 Å². The lowest BCUT2D eigenvalue weighted by atomic mass is 10.2. The summed E-state index contributed by atoms with van der Waals surface area (Å²) in [6.07, 6.45) is 5.44. The van der Waals surface area contributed by atoms with Gasteiger partial charge in [-0.3, -0.25) is 4.90 Å². The third kappa shape index (κ3) is 7.62. The van der Waals surface area contributed by atoms with Crippen molar-refractivity contribution in [3.8, 4) is 0 Å². The highest BCUT2D eigenvalue weighted by molar-refractivity contribution is 7.99. The van der Waals surface area contributed by atoms with E-state index >= 15 is 0 Å². The predicted molar refractivity (Wildman–Crippen MR) is 79.3 cm³/mol. The van der Waals surface area contributed by atoms with E-state index in [0.29, 0.717) is 6.10 Å². The quantitative estimate of drug-likeness (QED) is 0.571. The van der Waals surface area contributed by atoms with Gasteiger partial charge < -0.3 is 9.47 Å². The van der Waals surface area contributed by atoms with Gasteiger partial charge in [0.2, 0.25) is 0 Å². The van der Waals surface area contributed by atoms with Gasteiger partial charge in [-0.05, 0) is 18.6 Å². The summed E-state index contributed by atoms with van der Waals surface area (Å²) in [7, 11) is 0. The molecule has 0 amide bonds. The smallest absolute Gasteiger partial charge is 0.0995 e. The number of unbranched alkanes of at least 4 members (excludes halogenated alkanes) is 1. The summed E-state index contributed by atoms with van der Waals surface area (Å²) < 4.78 is 11.4. The summed E-state index contributed by atoms with van der Waals surface area (Å²) in [6.45, 7) is 9.01. The maximum Gasteiger partial charge on any atom is 0.0995 e. The first-order valence-corrected chi connectivity index (χ1v) is 8.51. The summed E-state index contributed by atoms with van der Waals surface area (Å²) in [4.78, 5) is 2.35. The first kappa shape index (κ1) is 16.3. The van der Waals surface area contributed by atoms with Gasteiger partial charge in [0.05, 0.1) is 26.0 Å². The Morgan fingerprint density at radius 1 is 1.22 bits per heavy atom. The fourth-order valence-electron chi connectivity index (χ4n) is 1.95. The lowest BCUT2D eigenvalue weighted by Crippen LogP contribution is -2.39. The summed E-state index contributed by atoms with van der Waals surface area (Å²) in [6, 6.07) is 0. The molecular formula is C14H29NO2S. The number of thioether (sulfide) groups is 1. The van der Waals surface area contributed by atoms with Crippen molar-refractivity contribution in [2.24, 2.45) is 0 Å². The standard InChI is InChI=1S/C14H29NO2S/c1-3-5-6-14(12-18-11-4-2)17-13-15-7-9-16-10-8-15/h14H,3-13H2,1-2H3. The van der Waals surface area contributed by atoms with Gasteiger partial charge in [0.15, 0.2) is 0 Å². The molecular weight excluding hydrogens is 246 g/mol. The van der Waals surface area contributed by atoms with Crippen molar-refractivity contribution in [2.75, 3.05) is 44.5 Å². The Bertz CT molecular complexity index is 187. The molecule has 1 saturated heterocycles. The van der Waals surface area contributed by atoms with Crippen LogP contribution in [0.2, 0.25) is 0 Å². The SMILES string of the molecule is CCCCC(CSCCC)OCN1CCOCC1. The predicted octanol–water partition coefficient (Wildman–Crippen LogP) is 2.99. The zero-order chi connectivity index (χ0) is 13.1. The van der Waals surface area contributed by atoms with E-state index in [2.05, 4.69) is 18.7 Å². The molecule has 4 heteroatoms. The van der Waals surface area contributed by atoms with Crippen LogP contribution in [0.4, 0.5) is 0 Å². The second-order valence-electron chi connectivity index (χ2n) is 4.87. The molecule has 0 spiro atoms. The van der Waals surface area contributed by atoms with E-state index < -0.39 is 0 Å². The number of nitrogens with zero attached hydrogens (tertiary/aromatic N) is 1. The average molecular weight is 275 g/mol. The summed E-state index contributed by atoms with van der Waals surface area (Å²) >= 11 is 2.03. The van der Waals surface area contributed by atoms with Crippen LogP contribution in [0.15, 0.2) is 0 Å². The van der Waals surface area contributed by atoms with E-state index in [0.717, 1.165) is 38.8 Å². The maximum atomic E-state index is 6.08. The molecule has 108 valence electrons. The molecule has 1 aliphatic rings.